The lowest BCUT2D eigenvalue weighted by atomic mass is 10.0. The molecule has 1 atom stereocenters. The van der Waals surface area contributed by atoms with Gasteiger partial charge in [-0.05, 0) is 39.2 Å². The van der Waals surface area contributed by atoms with Crippen LogP contribution in [0.15, 0.2) is 11.6 Å². The molecule has 9 nitrogen and oxygen atoms in total. The smallest absolute Gasteiger partial charge is 0.472 e. The lowest BCUT2D eigenvalue weighted by molar-refractivity contribution is -0.923. The Morgan fingerprint density at radius 3 is 1.85 bits per heavy atom. The second kappa shape index (κ2) is 13.8. The van der Waals surface area contributed by atoms with Gasteiger partial charge in [0.2, 0.25) is 0 Å². The Bertz CT molecular complexity index is 521. The molecule has 10 heteroatoms. The van der Waals surface area contributed by atoms with Gasteiger partial charge in [-0.15, -0.1) is 0 Å². The highest BCUT2D eigenvalue weighted by Gasteiger charge is 2.25. The maximum atomic E-state index is 11.3. The molecule has 0 heterocycles. The quantitative estimate of drug-likeness (QED) is 0.280. The van der Waals surface area contributed by atoms with E-state index in [1.54, 1.807) is 20.8 Å². The third-order valence-electron chi connectivity index (χ3n) is 4.26. The zero-order chi connectivity index (χ0) is 21.7. The lowest BCUT2D eigenvalue weighted by Crippen LogP contribution is -2.49. The normalized spacial score (nSPS) is 14.3. The van der Waals surface area contributed by atoms with Gasteiger partial charge in [0, 0.05) is 6.08 Å². The van der Waals surface area contributed by atoms with Crippen LogP contribution in [0.3, 0.4) is 0 Å². The molecule has 0 aliphatic carbocycles. The van der Waals surface area contributed by atoms with Crippen molar-refractivity contribution in [3.63, 3.8) is 0 Å². The average Bonchev–Trinajstić information content (AvgIpc) is 2.57. The van der Waals surface area contributed by atoms with Gasteiger partial charge in [0.1, 0.15) is 13.2 Å². The molecular formula is C17H34NO8P. The molecule has 0 aromatic carbocycles. The van der Waals surface area contributed by atoms with E-state index in [1.807, 2.05) is 0 Å². The molecule has 0 aliphatic rings. The van der Waals surface area contributed by atoms with Crippen LogP contribution >= 0.6 is 7.82 Å². The Balaban J connectivity index is 0. The van der Waals surface area contributed by atoms with Crippen LogP contribution in [0, 0.1) is 5.92 Å². The van der Waals surface area contributed by atoms with Crippen molar-refractivity contribution in [2.75, 3.05) is 39.4 Å². The van der Waals surface area contributed by atoms with Crippen LogP contribution in [0.1, 0.15) is 41.5 Å². The van der Waals surface area contributed by atoms with Crippen molar-refractivity contribution in [1.29, 1.82) is 0 Å². The Morgan fingerprint density at radius 2 is 1.59 bits per heavy atom. The minimum atomic E-state index is -3.82. The molecule has 0 spiro atoms. The summed E-state index contributed by atoms with van der Waals surface area (Å²) in [5.41, 5.74) is -0.197. The van der Waals surface area contributed by atoms with Crippen LogP contribution in [-0.2, 0) is 23.2 Å². The second-order valence-corrected chi connectivity index (χ2v) is 7.57. The van der Waals surface area contributed by atoms with E-state index in [4.69, 9.17) is 9.63 Å². The molecule has 0 aliphatic heterocycles. The van der Waals surface area contributed by atoms with E-state index in [2.05, 4.69) is 25.3 Å². The number of hydrogen-bond acceptors (Lipinski definition) is 6. The molecule has 27 heavy (non-hydrogen) atoms. The number of quaternary nitrogens is 1. The Labute approximate surface area is 161 Å². The van der Waals surface area contributed by atoms with E-state index >= 15 is 0 Å². The van der Waals surface area contributed by atoms with Crippen molar-refractivity contribution in [3.05, 3.63) is 11.6 Å². The van der Waals surface area contributed by atoms with Gasteiger partial charge in [-0.1, -0.05) is 13.8 Å². The average molecular weight is 411 g/mol. The number of carboxylic acid groups (broad SMARTS) is 2. The first-order valence-electron chi connectivity index (χ1n) is 9.03. The van der Waals surface area contributed by atoms with Gasteiger partial charge in [0.25, 0.3) is 0 Å². The minimum absolute atomic E-state index is 0.184. The first-order valence-corrected chi connectivity index (χ1v) is 10.5. The first kappa shape index (κ1) is 28.0. The van der Waals surface area contributed by atoms with Crippen molar-refractivity contribution in [3.8, 4) is 0 Å². The molecule has 2 N–H and O–H groups in total. The minimum Gasteiger partial charge on any atom is -0.545 e. The lowest BCUT2D eigenvalue weighted by Gasteiger charge is -2.35. The summed E-state index contributed by atoms with van der Waals surface area (Å²) in [6.45, 7) is 15.4. The maximum Gasteiger partial charge on any atom is 0.472 e. The highest BCUT2D eigenvalue weighted by Crippen LogP contribution is 2.42. The molecule has 0 saturated heterocycles. The molecule has 0 bridgehead atoms. The van der Waals surface area contributed by atoms with Crippen molar-refractivity contribution in [1.82, 2.24) is 0 Å². The molecular weight excluding hydrogens is 377 g/mol. The molecule has 0 amide bonds. The Hall–Kier alpha value is -1.25. The molecule has 0 saturated carbocycles. The number of aliphatic carboxylic acids is 2. The second-order valence-electron chi connectivity index (χ2n) is 6.11. The van der Waals surface area contributed by atoms with Crippen LogP contribution in [0.2, 0.25) is 0 Å². The van der Waals surface area contributed by atoms with E-state index in [0.29, 0.717) is 6.08 Å². The van der Waals surface area contributed by atoms with Crippen LogP contribution in [0.4, 0.5) is 0 Å². The number of hydrogen-bond donors (Lipinski definition) is 2. The van der Waals surface area contributed by atoms with Crippen molar-refractivity contribution < 1.29 is 42.8 Å². The summed E-state index contributed by atoms with van der Waals surface area (Å²) in [5, 5.41) is 18.4. The van der Waals surface area contributed by atoms with Gasteiger partial charge in [0.15, 0.2) is 0 Å². The van der Waals surface area contributed by atoms with Crippen LogP contribution in [0.25, 0.3) is 0 Å². The van der Waals surface area contributed by atoms with Gasteiger partial charge in [-0.25, -0.2) is 9.36 Å². The summed E-state index contributed by atoms with van der Waals surface area (Å²) in [7, 11) is -3.82. The number of carbonyl (C=O) groups is 2. The molecule has 160 valence electrons. The van der Waals surface area contributed by atoms with Crippen LogP contribution in [-0.4, -0.2) is 65.8 Å². The number of likely N-dealkylation sites (N-methyl/N-ethyl adjacent to an activating group) is 1. The van der Waals surface area contributed by atoms with E-state index < -0.39 is 19.8 Å². The molecule has 0 fully saturated rings. The molecule has 0 aromatic rings. The van der Waals surface area contributed by atoms with Gasteiger partial charge < -0.3 is 24.4 Å². The monoisotopic (exact) mass is 411 g/mol. The van der Waals surface area contributed by atoms with Crippen molar-refractivity contribution in [2.24, 2.45) is 5.92 Å². The maximum absolute atomic E-state index is 11.3. The zero-order valence-corrected chi connectivity index (χ0v) is 18.0. The zero-order valence-electron chi connectivity index (χ0n) is 17.1. The number of rotatable bonds is 12. The SMILES string of the molecule is CC(C)/C(=C\C(=O)O)C(=O)[O-].CCOP(=O)(O)OCC[N+](CC)(CC)CC. The van der Waals surface area contributed by atoms with E-state index in [0.717, 1.165) is 30.7 Å². The third kappa shape index (κ3) is 12.7. The van der Waals surface area contributed by atoms with Gasteiger partial charge in [-0.2, -0.15) is 0 Å². The van der Waals surface area contributed by atoms with E-state index in [9.17, 15) is 24.2 Å². The molecule has 0 aromatic heterocycles. The topological polar surface area (TPSA) is 133 Å². The Kier molecular flexibility index (Phi) is 14.3. The molecule has 0 rings (SSSR count). The van der Waals surface area contributed by atoms with Crippen LogP contribution < -0.4 is 5.11 Å². The fraction of sp³-hybridized carbons (Fsp3) is 0.765. The highest BCUT2D eigenvalue weighted by atomic mass is 31.2. The molecule has 1 unspecified atom stereocenters. The van der Waals surface area contributed by atoms with E-state index in [-0.39, 0.29) is 24.7 Å². The van der Waals surface area contributed by atoms with Crippen molar-refractivity contribution >= 4 is 19.8 Å². The summed E-state index contributed by atoms with van der Waals surface area (Å²) in [5.74, 6) is -3.03. The van der Waals surface area contributed by atoms with Crippen LogP contribution in [0.5, 0.6) is 0 Å². The largest absolute Gasteiger partial charge is 0.545 e. The number of phosphoric ester groups is 1. The summed E-state index contributed by atoms with van der Waals surface area (Å²) in [6, 6.07) is 0. The number of nitrogens with zero attached hydrogens (tertiary/aromatic N) is 1. The fourth-order valence-electron chi connectivity index (χ4n) is 2.29. The first-order chi connectivity index (χ1) is 12.4. The predicted molar refractivity (Wildman–Crippen MR) is 99.7 cm³/mol. The fourth-order valence-corrected chi connectivity index (χ4v) is 3.00. The highest BCUT2D eigenvalue weighted by molar-refractivity contribution is 7.47. The summed E-state index contributed by atoms with van der Waals surface area (Å²) < 4.78 is 21.7. The summed E-state index contributed by atoms with van der Waals surface area (Å²) in [6.07, 6.45) is 0.653. The molecule has 0 radical (unpaired) electrons. The summed E-state index contributed by atoms with van der Waals surface area (Å²) in [4.78, 5) is 29.5. The van der Waals surface area contributed by atoms with Gasteiger partial charge in [0.05, 0.1) is 32.2 Å². The third-order valence-corrected chi connectivity index (χ3v) is 5.35. The Morgan fingerprint density at radius 1 is 1.11 bits per heavy atom. The van der Waals surface area contributed by atoms with E-state index in [1.165, 1.54) is 0 Å². The van der Waals surface area contributed by atoms with Gasteiger partial charge in [-0.3, -0.25) is 9.05 Å². The predicted octanol–water partition coefficient (Wildman–Crippen LogP) is 1.42. The number of phosphoric acid groups is 1. The number of carboxylic acids is 2. The standard InChI is InChI=1S/C10H24NO4P.C7H10O4/c1-5-11(6-2,7-3)9-10-15-16(12,13)14-8-4;1-4(2)5(7(10)11)3-6(8)9/h5-10H2,1-4H3;3-4H,1-2H3,(H,8,9)(H,10,11)/b;5-3+. The number of carbonyl (C=O) groups excluding carboxylic acids is 1. The summed E-state index contributed by atoms with van der Waals surface area (Å²) >= 11 is 0. The van der Waals surface area contributed by atoms with Crippen molar-refractivity contribution in [2.45, 2.75) is 41.5 Å². The van der Waals surface area contributed by atoms with Gasteiger partial charge >= 0.3 is 13.8 Å².